The van der Waals surface area contributed by atoms with E-state index < -0.39 is 0 Å². The van der Waals surface area contributed by atoms with Gasteiger partial charge in [-0.25, -0.2) is 0 Å². The Balaban J connectivity index is 2.01. The molecule has 0 amide bonds. The van der Waals surface area contributed by atoms with E-state index in [4.69, 9.17) is 14.2 Å². The molecule has 2 rings (SSSR count). The first-order valence-corrected chi connectivity index (χ1v) is 6.57. The molecule has 1 fully saturated rings. The minimum absolute atomic E-state index is 0.0119. The number of Topliss-reactive ketones (excluding diaryl/α,β-unsaturated/α-hetero) is 1. The Labute approximate surface area is 113 Å². The highest BCUT2D eigenvalue weighted by Gasteiger charge is 2.22. The van der Waals surface area contributed by atoms with Crippen molar-refractivity contribution >= 4 is 5.78 Å². The number of ether oxygens (including phenoxy) is 3. The fraction of sp³-hybridized carbons (Fsp3) is 0.533. The lowest BCUT2D eigenvalue weighted by atomic mass is 10.1. The third-order valence-electron chi connectivity index (χ3n) is 3.31. The van der Waals surface area contributed by atoms with Crippen LogP contribution in [0.5, 0.6) is 11.5 Å². The van der Waals surface area contributed by atoms with Gasteiger partial charge in [-0.05, 0) is 44.9 Å². The van der Waals surface area contributed by atoms with Crippen LogP contribution in [-0.2, 0) is 4.74 Å². The third kappa shape index (κ3) is 3.47. The van der Waals surface area contributed by atoms with E-state index in [9.17, 15) is 4.79 Å². The van der Waals surface area contributed by atoms with Crippen molar-refractivity contribution in [2.45, 2.75) is 38.9 Å². The van der Waals surface area contributed by atoms with Crippen molar-refractivity contribution in [1.29, 1.82) is 0 Å². The predicted molar refractivity (Wildman–Crippen MR) is 72.1 cm³/mol. The molecule has 1 aromatic rings. The minimum Gasteiger partial charge on any atom is -0.493 e. The zero-order valence-corrected chi connectivity index (χ0v) is 11.6. The molecule has 104 valence electrons. The molecule has 0 bridgehead atoms. The van der Waals surface area contributed by atoms with Crippen molar-refractivity contribution in [2.24, 2.45) is 0 Å². The average Bonchev–Trinajstić information content (AvgIpc) is 2.81. The Hall–Kier alpha value is -1.55. The zero-order chi connectivity index (χ0) is 13.8. The molecule has 4 heteroatoms. The summed E-state index contributed by atoms with van der Waals surface area (Å²) in [5, 5.41) is 0. The predicted octanol–water partition coefficient (Wildman–Crippen LogP) is 2.84. The summed E-state index contributed by atoms with van der Waals surface area (Å²) in [4.78, 5) is 11.3. The molecule has 4 nitrogen and oxygen atoms in total. The summed E-state index contributed by atoms with van der Waals surface area (Å²) in [6.07, 6.45) is 2.56. The zero-order valence-electron chi connectivity index (χ0n) is 11.6. The van der Waals surface area contributed by atoms with E-state index in [0.29, 0.717) is 29.8 Å². The number of rotatable bonds is 5. The van der Waals surface area contributed by atoms with Crippen LogP contribution in [0.15, 0.2) is 18.2 Å². The van der Waals surface area contributed by atoms with Gasteiger partial charge >= 0.3 is 0 Å². The molecule has 0 aromatic heterocycles. The highest BCUT2D eigenvalue weighted by Crippen LogP contribution is 2.29. The number of carbonyl (C=O) groups is 1. The molecule has 1 saturated heterocycles. The number of hydrogen-bond donors (Lipinski definition) is 0. The second kappa shape index (κ2) is 6.06. The Kier molecular flexibility index (Phi) is 4.43. The number of ketones is 1. The highest BCUT2D eigenvalue weighted by molar-refractivity contribution is 5.94. The Morgan fingerprint density at radius 1 is 1.37 bits per heavy atom. The Bertz CT molecular complexity index is 455. The summed E-state index contributed by atoms with van der Waals surface area (Å²) >= 11 is 0. The number of hydrogen-bond acceptors (Lipinski definition) is 4. The maximum absolute atomic E-state index is 11.3. The van der Waals surface area contributed by atoms with Gasteiger partial charge < -0.3 is 14.2 Å². The first kappa shape index (κ1) is 13.9. The molecule has 19 heavy (non-hydrogen) atoms. The van der Waals surface area contributed by atoms with Crippen LogP contribution in [0.1, 0.15) is 37.0 Å². The molecule has 1 aliphatic heterocycles. The van der Waals surface area contributed by atoms with Crippen LogP contribution in [0.2, 0.25) is 0 Å². The lowest BCUT2D eigenvalue weighted by molar-refractivity contribution is 0.0259. The SMILES string of the molecule is COc1cc(C(C)=O)ccc1OCC1CCC(C)O1. The topological polar surface area (TPSA) is 44.8 Å². The normalized spacial score (nSPS) is 22.3. The van der Waals surface area contributed by atoms with Gasteiger partial charge in [-0.1, -0.05) is 0 Å². The molecule has 2 unspecified atom stereocenters. The monoisotopic (exact) mass is 264 g/mol. The van der Waals surface area contributed by atoms with Crippen molar-refractivity contribution in [3.8, 4) is 11.5 Å². The largest absolute Gasteiger partial charge is 0.493 e. The fourth-order valence-electron chi connectivity index (χ4n) is 2.20. The maximum atomic E-state index is 11.3. The van der Waals surface area contributed by atoms with E-state index >= 15 is 0 Å². The quantitative estimate of drug-likeness (QED) is 0.767. The smallest absolute Gasteiger partial charge is 0.161 e. The number of methoxy groups -OCH3 is 1. The summed E-state index contributed by atoms with van der Waals surface area (Å²) < 4.78 is 16.7. The van der Waals surface area contributed by atoms with Gasteiger partial charge in [-0.3, -0.25) is 4.79 Å². The number of carbonyl (C=O) groups excluding carboxylic acids is 1. The first-order valence-electron chi connectivity index (χ1n) is 6.57. The van der Waals surface area contributed by atoms with Crippen LogP contribution < -0.4 is 9.47 Å². The van der Waals surface area contributed by atoms with Gasteiger partial charge in [-0.2, -0.15) is 0 Å². The Morgan fingerprint density at radius 2 is 2.16 bits per heavy atom. The van der Waals surface area contributed by atoms with Gasteiger partial charge in [0.25, 0.3) is 0 Å². The van der Waals surface area contributed by atoms with Gasteiger partial charge in [0.2, 0.25) is 0 Å². The van der Waals surface area contributed by atoms with Crippen molar-refractivity contribution < 1.29 is 19.0 Å². The van der Waals surface area contributed by atoms with Gasteiger partial charge in [0, 0.05) is 5.56 Å². The molecule has 0 radical (unpaired) electrons. The van der Waals surface area contributed by atoms with E-state index in [1.165, 1.54) is 6.92 Å². The first-order chi connectivity index (χ1) is 9.10. The second-order valence-electron chi connectivity index (χ2n) is 4.88. The summed E-state index contributed by atoms with van der Waals surface area (Å²) in [7, 11) is 1.57. The van der Waals surface area contributed by atoms with Gasteiger partial charge in [0.05, 0.1) is 19.3 Å². The molecular weight excluding hydrogens is 244 g/mol. The molecule has 2 atom stereocenters. The van der Waals surface area contributed by atoms with Crippen molar-refractivity contribution in [3.05, 3.63) is 23.8 Å². The molecule has 1 aromatic carbocycles. The van der Waals surface area contributed by atoms with Gasteiger partial charge in [0.1, 0.15) is 6.61 Å². The molecule has 1 aliphatic rings. The lowest BCUT2D eigenvalue weighted by Crippen LogP contribution is -2.18. The van der Waals surface area contributed by atoms with E-state index in [1.54, 1.807) is 25.3 Å². The number of benzene rings is 1. The standard InChI is InChI=1S/C15H20O4/c1-10-4-6-13(19-10)9-18-14-7-5-12(11(2)16)8-15(14)17-3/h5,7-8,10,13H,4,6,9H2,1-3H3. The summed E-state index contributed by atoms with van der Waals surface area (Å²) in [5.41, 5.74) is 0.620. The van der Waals surface area contributed by atoms with E-state index in [-0.39, 0.29) is 11.9 Å². The van der Waals surface area contributed by atoms with E-state index in [2.05, 4.69) is 6.92 Å². The summed E-state index contributed by atoms with van der Waals surface area (Å²) in [6, 6.07) is 5.22. The lowest BCUT2D eigenvalue weighted by Gasteiger charge is -2.15. The van der Waals surface area contributed by atoms with Crippen LogP contribution in [0.3, 0.4) is 0 Å². The van der Waals surface area contributed by atoms with Crippen molar-refractivity contribution in [2.75, 3.05) is 13.7 Å². The fourth-order valence-corrected chi connectivity index (χ4v) is 2.20. The summed E-state index contributed by atoms with van der Waals surface area (Å²) in [5.74, 6) is 1.24. The molecule has 1 heterocycles. The molecule has 0 spiro atoms. The highest BCUT2D eigenvalue weighted by atomic mass is 16.6. The van der Waals surface area contributed by atoms with Gasteiger partial charge in [-0.15, -0.1) is 0 Å². The third-order valence-corrected chi connectivity index (χ3v) is 3.31. The molecule has 0 saturated carbocycles. The van der Waals surface area contributed by atoms with Crippen LogP contribution in [0, 0.1) is 0 Å². The second-order valence-corrected chi connectivity index (χ2v) is 4.88. The maximum Gasteiger partial charge on any atom is 0.161 e. The van der Waals surface area contributed by atoms with Crippen molar-refractivity contribution in [1.82, 2.24) is 0 Å². The molecular formula is C15H20O4. The average molecular weight is 264 g/mol. The van der Waals surface area contributed by atoms with Crippen LogP contribution in [0.4, 0.5) is 0 Å². The van der Waals surface area contributed by atoms with Crippen LogP contribution >= 0.6 is 0 Å². The van der Waals surface area contributed by atoms with Crippen LogP contribution in [0.25, 0.3) is 0 Å². The van der Waals surface area contributed by atoms with Gasteiger partial charge in [0.15, 0.2) is 17.3 Å². The minimum atomic E-state index is 0.0119. The molecule has 0 N–H and O–H groups in total. The van der Waals surface area contributed by atoms with Crippen molar-refractivity contribution in [3.63, 3.8) is 0 Å². The molecule has 0 aliphatic carbocycles. The van der Waals surface area contributed by atoms with E-state index in [0.717, 1.165) is 12.8 Å². The van der Waals surface area contributed by atoms with E-state index in [1.807, 2.05) is 0 Å². The summed E-state index contributed by atoms with van der Waals surface area (Å²) in [6.45, 7) is 4.12. The Morgan fingerprint density at radius 3 is 2.74 bits per heavy atom. The van der Waals surface area contributed by atoms with Crippen LogP contribution in [-0.4, -0.2) is 31.7 Å².